The fraction of sp³-hybridized carbons (Fsp3) is 0.286. The fourth-order valence-corrected chi connectivity index (χ4v) is 4.64. The van der Waals surface area contributed by atoms with Crippen LogP contribution in [0.4, 0.5) is 14.5 Å². The Hall–Kier alpha value is -2.94. The molecule has 1 fully saturated rings. The predicted molar refractivity (Wildman–Crippen MR) is 111 cm³/mol. The quantitative estimate of drug-likeness (QED) is 0.563. The van der Waals surface area contributed by atoms with Crippen molar-refractivity contribution in [3.05, 3.63) is 58.4 Å². The van der Waals surface area contributed by atoms with Gasteiger partial charge in [-0.25, -0.2) is 8.78 Å². The molecule has 1 aromatic heterocycles. The minimum Gasteiger partial charge on any atom is -0.342 e. The molecule has 2 aliphatic rings. The van der Waals surface area contributed by atoms with E-state index in [9.17, 15) is 23.2 Å². The fourth-order valence-electron chi connectivity index (χ4n) is 3.68. The molecule has 0 aliphatic carbocycles. The zero-order valence-corrected chi connectivity index (χ0v) is 17.2. The van der Waals surface area contributed by atoms with Gasteiger partial charge < -0.3 is 15.2 Å². The maximum Gasteiger partial charge on any atom is 0.292 e. The van der Waals surface area contributed by atoms with Gasteiger partial charge in [-0.1, -0.05) is 6.08 Å². The molecule has 9 heteroatoms. The third-order valence-corrected chi connectivity index (χ3v) is 6.88. The van der Waals surface area contributed by atoms with Crippen LogP contribution in [0, 0.1) is 18.6 Å². The first-order chi connectivity index (χ1) is 14.2. The zero-order valence-electron chi connectivity index (χ0n) is 16.3. The number of fused-ring (bicyclic) bond motifs is 1. The Morgan fingerprint density at radius 2 is 1.90 bits per heavy atom. The lowest BCUT2D eigenvalue weighted by Crippen LogP contribution is -2.57. The monoisotopic (exact) mass is 431 g/mol. The first-order valence-electron chi connectivity index (χ1n) is 9.31. The topological polar surface area (TPSA) is 80.2 Å². The molecule has 2 aliphatic heterocycles. The lowest BCUT2D eigenvalue weighted by molar-refractivity contribution is -0.118. The van der Waals surface area contributed by atoms with Crippen molar-refractivity contribution in [3.8, 4) is 0 Å². The Kier molecular flexibility index (Phi) is 5.01. The summed E-state index contributed by atoms with van der Waals surface area (Å²) in [5.41, 5.74) is 0.962. The SMILES string of the molecule is Cc1c(C(=O)C(=O)NC2(C)CSC2)c2n(c1C(=O)Nc1ccc(F)c(F)c1)C=CC2. The second-order valence-corrected chi connectivity index (χ2v) is 8.66. The van der Waals surface area contributed by atoms with E-state index >= 15 is 0 Å². The molecule has 1 saturated heterocycles. The number of carbonyl (C=O) groups excluding carboxylic acids is 3. The summed E-state index contributed by atoms with van der Waals surface area (Å²) in [6, 6.07) is 3.04. The number of allylic oxidation sites excluding steroid dienone is 1. The number of amides is 2. The van der Waals surface area contributed by atoms with Crippen LogP contribution in [0.2, 0.25) is 0 Å². The summed E-state index contributed by atoms with van der Waals surface area (Å²) in [5.74, 6) is -2.61. The van der Waals surface area contributed by atoms with Gasteiger partial charge in [0.05, 0.1) is 11.1 Å². The van der Waals surface area contributed by atoms with Crippen LogP contribution in [0.15, 0.2) is 24.3 Å². The van der Waals surface area contributed by atoms with Crippen LogP contribution in [0.3, 0.4) is 0 Å². The average molecular weight is 431 g/mol. The molecule has 0 saturated carbocycles. The highest BCUT2D eigenvalue weighted by Crippen LogP contribution is 2.31. The largest absolute Gasteiger partial charge is 0.342 e. The Morgan fingerprint density at radius 3 is 2.53 bits per heavy atom. The lowest BCUT2D eigenvalue weighted by atomic mass is 10.0. The van der Waals surface area contributed by atoms with Crippen LogP contribution in [0.5, 0.6) is 0 Å². The number of benzene rings is 1. The number of carbonyl (C=O) groups is 3. The van der Waals surface area contributed by atoms with Crippen LogP contribution in [-0.2, 0) is 11.2 Å². The van der Waals surface area contributed by atoms with Crippen LogP contribution in [0.1, 0.15) is 39.0 Å². The van der Waals surface area contributed by atoms with E-state index in [1.54, 1.807) is 35.5 Å². The molecule has 0 unspecified atom stereocenters. The zero-order chi connectivity index (χ0) is 21.6. The summed E-state index contributed by atoms with van der Waals surface area (Å²) in [5, 5.41) is 5.30. The van der Waals surface area contributed by atoms with Crippen molar-refractivity contribution >= 4 is 41.2 Å². The van der Waals surface area contributed by atoms with Gasteiger partial charge in [-0.3, -0.25) is 14.4 Å². The van der Waals surface area contributed by atoms with Crippen LogP contribution < -0.4 is 10.6 Å². The Labute approximate surface area is 175 Å². The van der Waals surface area contributed by atoms with Crippen molar-refractivity contribution in [2.45, 2.75) is 25.8 Å². The molecular formula is C21H19F2N3O3S. The molecule has 4 rings (SSSR count). The normalized spacial score (nSPS) is 16.0. The average Bonchev–Trinajstić information content (AvgIpc) is 3.22. The first-order valence-corrected chi connectivity index (χ1v) is 10.5. The molecule has 0 bridgehead atoms. The van der Waals surface area contributed by atoms with Crippen LogP contribution >= 0.6 is 11.8 Å². The third-order valence-electron chi connectivity index (χ3n) is 5.20. The minimum atomic E-state index is -1.08. The van der Waals surface area contributed by atoms with Crippen molar-refractivity contribution in [1.82, 2.24) is 9.88 Å². The van der Waals surface area contributed by atoms with Crippen LogP contribution in [0.25, 0.3) is 6.20 Å². The number of nitrogens with zero attached hydrogens (tertiary/aromatic N) is 1. The number of thioether (sulfide) groups is 1. The van der Waals surface area contributed by atoms with E-state index in [1.807, 2.05) is 6.92 Å². The molecule has 0 atom stereocenters. The number of nitrogens with one attached hydrogen (secondary N) is 2. The molecule has 0 spiro atoms. The number of hydrogen-bond donors (Lipinski definition) is 2. The van der Waals surface area contributed by atoms with E-state index in [0.717, 1.165) is 23.6 Å². The van der Waals surface area contributed by atoms with Gasteiger partial charge in [0, 0.05) is 41.6 Å². The number of aromatic nitrogens is 1. The van der Waals surface area contributed by atoms with E-state index in [4.69, 9.17) is 0 Å². The second kappa shape index (κ2) is 7.39. The van der Waals surface area contributed by atoms with E-state index in [2.05, 4.69) is 10.6 Å². The molecule has 2 aromatic rings. The number of anilines is 1. The minimum absolute atomic E-state index is 0.0804. The van der Waals surface area contributed by atoms with Gasteiger partial charge in [-0.05, 0) is 31.5 Å². The van der Waals surface area contributed by atoms with E-state index < -0.39 is 34.8 Å². The van der Waals surface area contributed by atoms with E-state index in [-0.39, 0.29) is 16.9 Å². The Balaban J connectivity index is 1.64. The summed E-state index contributed by atoms with van der Waals surface area (Å²) >= 11 is 1.68. The maximum absolute atomic E-state index is 13.5. The maximum atomic E-state index is 13.5. The predicted octanol–water partition coefficient (Wildman–Crippen LogP) is 3.16. The Bertz CT molecular complexity index is 1120. The van der Waals surface area contributed by atoms with Gasteiger partial charge in [0.1, 0.15) is 5.69 Å². The van der Waals surface area contributed by atoms with E-state index in [0.29, 0.717) is 17.7 Å². The number of rotatable bonds is 5. The molecule has 0 radical (unpaired) electrons. The third kappa shape index (κ3) is 3.43. The van der Waals surface area contributed by atoms with Gasteiger partial charge in [0.2, 0.25) is 0 Å². The summed E-state index contributed by atoms with van der Waals surface area (Å²) in [6.07, 6.45) is 3.84. The number of hydrogen-bond acceptors (Lipinski definition) is 4. The van der Waals surface area contributed by atoms with Gasteiger partial charge in [-0.15, -0.1) is 0 Å². The highest BCUT2D eigenvalue weighted by Gasteiger charge is 2.38. The summed E-state index contributed by atoms with van der Waals surface area (Å²) in [4.78, 5) is 38.4. The molecule has 6 nitrogen and oxygen atoms in total. The number of halogens is 2. The highest BCUT2D eigenvalue weighted by molar-refractivity contribution is 8.00. The number of ketones is 1. The van der Waals surface area contributed by atoms with Gasteiger partial charge in [0.15, 0.2) is 11.6 Å². The molecule has 1 aromatic carbocycles. The molecule has 2 N–H and O–H groups in total. The standard InChI is InChI=1S/C21H19F2N3O3S/c1-11-16(18(27)20(29)25-21(2)9-30-10-21)15-4-3-7-26(15)17(11)19(28)24-12-5-6-13(22)14(23)8-12/h3,5-8H,4,9-10H2,1-2H3,(H,24,28)(H,25,29). The van der Waals surface area contributed by atoms with Crippen molar-refractivity contribution in [2.24, 2.45) is 0 Å². The summed E-state index contributed by atoms with van der Waals surface area (Å²) in [7, 11) is 0. The molecule has 3 heterocycles. The summed E-state index contributed by atoms with van der Waals surface area (Å²) in [6.45, 7) is 3.48. The van der Waals surface area contributed by atoms with Crippen molar-refractivity contribution < 1.29 is 23.2 Å². The molecule has 2 amide bonds. The van der Waals surface area contributed by atoms with Crippen molar-refractivity contribution in [3.63, 3.8) is 0 Å². The highest BCUT2D eigenvalue weighted by atomic mass is 32.2. The smallest absolute Gasteiger partial charge is 0.292 e. The van der Waals surface area contributed by atoms with Crippen molar-refractivity contribution in [2.75, 3.05) is 16.8 Å². The lowest BCUT2D eigenvalue weighted by Gasteiger charge is -2.38. The summed E-state index contributed by atoms with van der Waals surface area (Å²) < 4.78 is 28.2. The molecule has 156 valence electrons. The van der Waals surface area contributed by atoms with Crippen LogP contribution in [-0.4, -0.2) is 39.2 Å². The first kappa shape index (κ1) is 20.3. The van der Waals surface area contributed by atoms with Gasteiger partial charge in [0.25, 0.3) is 17.6 Å². The number of Topliss-reactive ketones (excluding diaryl/α,β-unsaturated/α-hetero) is 1. The van der Waals surface area contributed by atoms with Crippen molar-refractivity contribution in [1.29, 1.82) is 0 Å². The van der Waals surface area contributed by atoms with E-state index in [1.165, 1.54) is 6.07 Å². The molecular weight excluding hydrogens is 412 g/mol. The van der Waals surface area contributed by atoms with Gasteiger partial charge >= 0.3 is 0 Å². The van der Waals surface area contributed by atoms with Gasteiger partial charge in [-0.2, -0.15) is 11.8 Å². The molecule has 30 heavy (non-hydrogen) atoms. The Morgan fingerprint density at radius 1 is 1.17 bits per heavy atom. The second-order valence-electron chi connectivity index (χ2n) is 7.67.